The number of aryl methyl sites for hydroxylation is 2. The Morgan fingerprint density at radius 3 is 2.39 bits per heavy atom. The van der Waals surface area contributed by atoms with E-state index in [1.54, 1.807) is 0 Å². The molecular formula is C15H27N3. The van der Waals surface area contributed by atoms with Gasteiger partial charge in [0, 0.05) is 24.3 Å². The van der Waals surface area contributed by atoms with Crippen LogP contribution in [-0.4, -0.2) is 9.78 Å². The van der Waals surface area contributed by atoms with E-state index in [1.165, 1.54) is 30.5 Å². The topological polar surface area (TPSA) is 43.8 Å². The standard InChI is InChI=1S/C15H27N3/c1-9-6-7-13(8-10(9)2)15(16)14-11(3)17-18(5)12(14)4/h9-10,13,15H,6-8,16H2,1-5H3. The van der Waals surface area contributed by atoms with Crippen molar-refractivity contribution in [2.75, 3.05) is 0 Å². The second-order valence-electron chi connectivity index (χ2n) is 6.26. The van der Waals surface area contributed by atoms with Gasteiger partial charge in [0.15, 0.2) is 0 Å². The number of aromatic nitrogens is 2. The van der Waals surface area contributed by atoms with Crippen molar-refractivity contribution >= 4 is 0 Å². The van der Waals surface area contributed by atoms with E-state index in [0.717, 1.165) is 17.5 Å². The molecule has 1 saturated carbocycles. The molecule has 102 valence electrons. The van der Waals surface area contributed by atoms with Gasteiger partial charge in [-0.25, -0.2) is 0 Å². The fourth-order valence-electron chi connectivity index (χ4n) is 3.42. The molecule has 0 radical (unpaired) electrons. The summed E-state index contributed by atoms with van der Waals surface area (Å²) in [5.41, 5.74) is 10.2. The first kappa shape index (κ1) is 13.6. The third kappa shape index (κ3) is 2.33. The van der Waals surface area contributed by atoms with Crippen molar-refractivity contribution in [3.8, 4) is 0 Å². The lowest BCUT2D eigenvalue weighted by Gasteiger charge is -2.35. The van der Waals surface area contributed by atoms with Gasteiger partial charge in [-0.1, -0.05) is 20.3 Å². The summed E-state index contributed by atoms with van der Waals surface area (Å²) >= 11 is 0. The minimum atomic E-state index is 0.161. The predicted octanol–water partition coefficient (Wildman–Crippen LogP) is 3.11. The maximum atomic E-state index is 6.54. The molecular weight excluding hydrogens is 222 g/mol. The average Bonchev–Trinajstić information content (AvgIpc) is 2.56. The maximum Gasteiger partial charge on any atom is 0.0644 e. The summed E-state index contributed by atoms with van der Waals surface area (Å²) in [5.74, 6) is 2.27. The second-order valence-corrected chi connectivity index (χ2v) is 6.26. The van der Waals surface area contributed by atoms with E-state index in [9.17, 15) is 0 Å². The van der Waals surface area contributed by atoms with Crippen LogP contribution in [0, 0.1) is 31.6 Å². The van der Waals surface area contributed by atoms with Gasteiger partial charge in [0.2, 0.25) is 0 Å². The number of nitrogens with two attached hydrogens (primary N) is 1. The highest BCUT2D eigenvalue weighted by molar-refractivity contribution is 5.28. The number of rotatable bonds is 2. The van der Waals surface area contributed by atoms with E-state index in [2.05, 4.69) is 32.8 Å². The maximum absolute atomic E-state index is 6.54. The Morgan fingerprint density at radius 2 is 1.89 bits per heavy atom. The van der Waals surface area contributed by atoms with Crippen molar-refractivity contribution in [1.29, 1.82) is 0 Å². The predicted molar refractivity (Wildman–Crippen MR) is 75.3 cm³/mol. The summed E-state index contributed by atoms with van der Waals surface area (Å²) in [4.78, 5) is 0. The summed E-state index contributed by atoms with van der Waals surface area (Å²) in [6, 6.07) is 0.161. The van der Waals surface area contributed by atoms with Crippen LogP contribution in [0.25, 0.3) is 0 Å². The van der Waals surface area contributed by atoms with Gasteiger partial charge in [0.05, 0.1) is 5.69 Å². The minimum absolute atomic E-state index is 0.161. The van der Waals surface area contributed by atoms with Crippen molar-refractivity contribution in [3.05, 3.63) is 17.0 Å². The first-order chi connectivity index (χ1) is 8.41. The summed E-state index contributed by atoms with van der Waals surface area (Å²) < 4.78 is 1.96. The molecule has 1 aliphatic carbocycles. The van der Waals surface area contributed by atoms with Gasteiger partial charge in [-0.05, 0) is 44.4 Å². The van der Waals surface area contributed by atoms with Crippen LogP contribution in [-0.2, 0) is 7.05 Å². The third-order valence-corrected chi connectivity index (χ3v) is 5.04. The molecule has 0 saturated heterocycles. The normalized spacial score (nSPS) is 30.4. The van der Waals surface area contributed by atoms with E-state index in [0.29, 0.717) is 5.92 Å². The molecule has 18 heavy (non-hydrogen) atoms. The zero-order chi connectivity index (χ0) is 13.4. The summed E-state index contributed by atoms with van der Waals surface area (Å²) in [6.45, 7) is 8.95. The van der Waals surface area contributed by atoms with Gasteiger partial charge in [0.1, 0.15) is 0 Å². The summed E-state index contributed by atoms with van der Waals surface area (Å²) in [6.07, 6.45) is 3.84. The minimum Gasteiger partial charge on any atom is -0.324 e. The Morgan fingerprint density at radius 1 is 1.22 bits per heavy atom. The molecule has 0 spiro atoms. The molecule has 1 aromatic rings. The molecule has 0 amide bonds. The highest BCUT2D eigenvalue weighted by Gasteiger charge is 2.31. The zero-order valence-corrected chi connectivity index (χ0v) is 12.4. The van der Waals surface area contributed by atoms with Crippen LogP contribution < -0.4 is 5.73 Å². The number of nitrogens with zero attached hydrogens (tertiary/aromatic N) is 2. The van der Waals surface area contributed by atoms with Gasteiger partial charge < -0.3 is 5.73 Å². The Bertz CT molecular complexity index is 422. The molecule has 4 unspecified atom stereocenters. The quantitative estimate of drug-likeness (QED) is 0.875. The molecule has 0 aliphatic heterocycles. The van der Waals surface area contributed by atoms with E-state index in [-0.39, 0.29) is 6.04 Å². The largest absolute Gasteiger partial charge is 0.324 e. The van der Waals surface area contributed by atoms with Crippen molar-refractivity contribution in [1.82, 2.24) is 9.78 Å². The fraction of sp³-hybridized carbons (Fsp3) is 0.800. The molecule has 1 aromatic heterocycles. The average molecular weight is 249 g/mol. The van der Waals surface area contributed by atoms with Crippen LogP contribution in [0.2, 0.25) is 0 Å². The van der Waals surface area contributed by atoms with Crippen LogP contribution in [0.3, 0.4) is 0 Å². The molecule has 0 bridgehead atoms. The lowest BCUT2D eigenvalue weighted by molar-refractivity contribution is 0.185. The van der Waals surface area contributed by atoms with E-state index >= 15 is 0 Å². The smallest absolute Gasteiger partial charge is 0.0644 e. The second kappa shape index (κ2) is 5.04. The SMILES string of the molecule is Cc1nn(C)c(C)c1C(N)C1CCC(C)C(C)C1. The molecule has 2 rings (SSSR count). The number of hydrogen-bond donors (Lipinski definition) is 1. The molecule has 3 nitrogen and oxygen atoms in total. The van der Waals surface area contributed by atoms with Gasteiger partial charge in [-0.3, -0.25) is 4.68 Å². The van der Waals surface area contributed by atoms with Gasteiger partial charge in [0.25, 0.3) is 0 Å². The van der Waals surface area contributed by atoms with Crippen LogP contribution in [0.15, 0.2) is 0 Å². The van der Waals surface area contributed by atoms with Crippen LogP contribution in [0.1, 0.15) is 56.1 Å². The molecule has 3 heteroatoms. The Hall–Kier alpha value is -0.830. The van der Waals surface area contributed by atoms with Crippen molar-refractivity contribution in [2.45, 2.75) is 53.0 Å². The van der Waals surface area contributed by atoms with E-state index in [4.69, 9.17) is 5.73 Å². The first-order valence-electron chi connectivity index (χ1n) is 7.17. The summed E-state index contributed by atoms with van der Waals surface area (Å²) in [7, 11) is 2.00. The van der Waals surface area contributed by atoms with Gasteiger partial charge >= 0.3 is 0 Å². The monoisotopic (exact) mass is 249 g/mol. The molecule has 0 aromatic carbocycles. The molecule has 1 heterocycles. The van der Waals surface area contributed by atoms with Gasteiger partial charge in [-0.2, -0.15) is 5.10 Å². The van der Waals surface area contributed by atoms with Crippen LogP contribution in [0.5, 0.6) is 0 Å². The first-order valence-corrected chi connectivity index (χ1v) is 7.17. The third-order valence-electron chi connectivity index (χ3n) is 5.04. The molecule has 1 fully saturated rings. The highest BCUT2D eigenvalue weighted by Crippen LogP contribution is 2.40. The van der Waals surface area contributed by atoms with Gasteiger partial charge in [-0.15, -0.1) is 0 Å². The van der Waals surface area contributed by atoms with E-state index in [1.807, 2.05) is 11.7 Å². The van der Waals surface area contributed by atoms with Crippen molar-refractivity contribution in [3.63, 3.8) is 0 Å². The Kier molecular flexibility index (Phi) is 3.81. The van der Waals surface area contributed by atoms with E-state index < -0.39 is 0 Å². The van der Waals surface area contributed by atoms with Crippen LogP contribution in [0.4, 0.5) is 0 Å². The lowest BCUT2D eigenvalue weighted by atomic mass is 9.72. The highest BCUT2D eigenvalue weighted by atomic mass is 15.3. The molecule has 1 aliphatic rings. The van der Waals surface area contributed by atoms with Crippen LogP contribution >= 0.6 is 0 Å². The lowest BCUT2D eigenvalue weighted by Crippen LogP contribution is -2.30. The Balaban J connectivity index is 2.18. The molecule has 4 atom stereocenters. The van der Waals surface area contributed by atoms with Crippen molar-refractivity contribution < 1.29 is 0 Å². The van der Waals surface area contributed by atoms with Crippen molar-refractivity contribution in [2.24, 2.45) is 30.5 Å². The zero-order valence-electron chi connectivity index (χ0n) is 12.4. The molecule has 2 N–H and O–H groups in total. The fourth-order valence-corrected chi connectivity index (χ4v) is 3.42. The number of hydrogen-bond acceptors (Lipinski definition) is 2. The summed E-state index contributed by atoms with van der Waals surface area (Å²) in [5, 5.41) is 4.50. The Labute approximate surface area is 111 Å².